The predicted octanol–water partition coefficient (Wildman–Crippen LogP) is 0.254. The SMILES string of the molecule is CN(C)S(=O)(=O)n1cnc(C[C@H]2CN=C(c3ccc[nH]3)O2)c1. The first kappa shape index (κ1) is 14.8. The summed E-state index contributed by atoms with van der Waals surface area (Å²) in [5.41, 5.74) is 1.49. The summed E-state index contributed by atoms with van der Waals surface area (Å²) in [6, 6.07) is 3.77. The second-order valence-corrected chi connectivity index (χ2v) is 7.21. The van der Waals surface area contributed by atoms with Gasteiger partial charge in [0.05, 0.1) is 12.2 Å². The molecule has 0 unspecified atom stereocenters. The molecule has 0 aromatic carbocycles. The molecule has 9 heteroatoms. The van der Waals surface area contributed by atoms with E-state index in [-0.39, 0.29) is 6.10 Å². The Morgan fingerprint density at radius 3 is 3.00 bits per heavy atom. The van der Waals surface area contributed by atoms with Crippen LogP contribution in [-0.4, -0.2) is 59.3 Å². The summed E-state index contributed by atoms with van der Waals surface area (Å²) < 4.78 is 32.0. The average Bonchev–Trinajstić information content (AvgIpc) is 3.19. The molecule has 8 nitrogen and oxygen atoms in total. The Morgan fingerprint density at radius 2 is 2.32 bits per heavy atom. The van der Waals surface area contributed by atoms with Gasteiger partial charge in [0.25, 0.3) is 0 Å². The molecule has 1 aliphatic rings. The topological polar surface area (TPSA) is 92.6 Å². The molecule has 2 aromatic heterocycles. The number of imidazole rings is 1. The van der Waals surface area contributed by atoms with Gasteiger partial charge in [0.1, 0.15) is 18.1 Å². The van der Waals surface area contributed by atoms with Crippen LogP contribution in [0.2, 0.25) is 0 Å². The number of rotatable bonds is 5. The van der Waals surface area contributed by atoms with Crippen LogP contribution >= 0.6 is 0 Å². The number of hydrogen-bond acceptors (Lipinski definition) is 5. The molecule has 0 fully saturated rings. The number of nitrogens with zero attached hydrogens (tertiary/aromatic N) is 4. The van der Waals surface area contributed by atoms with Crippen molar-refractivity contribution < 1.29 is 13.2 Å². The third kappa shape index (κ3) is 2.77. The molecule has 0 aliphatic carbocycles. The number of aromatic amines is 1. The Kier molecular flexibility index (Phi) is 3.75. The molecular weight excluding hydrogens is 306 g/mol. The maximum atomic E-state index is 12.0. The van der Waals surface area contributed by atoms with Crippen molar-refractivity contribution in [2.24, 2.45) is 4.99 Å². The van der Waals surface area contributed by atoms with Crippen molar-refractivity contribution in [3.8, 4) is 0 Å². The summed E-state index contributed by atoms with van der Waals surface area (Å²) in [6.07, 6.45) is 4.98. The zero-order chi connectivity index (χ0) is 15.7. The van der Waals surface area contributed by atoms with Gasteiger partial charge in [-0.1, -0.05) is 0 Å². The Morgan fingerprint density at radius 1 is 1.50 bits per heavy atom. The summed E-state index contributed by atoms with van der Waals surface area (Å²) in [5.74, 6) is 0.579. The van der Waals surface area contributed by atoms with E-state index in [4.69, 9.17) is 4.74 Å². The van der Waals surface area contributed by atoms with Gasteiger partial charge in [0.15, 0.2) is 0 Å². The van der Waals surface area contributed by atoms with Gasteiger partial charge in [-0.05, 0) is 12.1 Å². The molecule has 0 saturated carbocycles. The quantitative estimate of drug-likeness (QED) is 0.854. The van der Waals surface area contributed by atoms with Crippen LogP contribution in [0.25, 0.3) is 0 Å². The lowest BCUT2D eigenvalue weighted by molar-refractivity contribution is 0.223. The molecule has 0 bridgehead atoms. The van der Waals surface area contributed by atoms with E-state index >= 15 is 0 Å². The number of hydrogen-bond donors (Lipinski definition) is 1. The molecule has 118 valence electrons. The van der Waals surface area contributed by atoms with Crippen LogP contribution < -0.4 is 0 Å². The third-order valence-electron chi connectivity index (χ3n) is 3.32. The summed E-state index contributed by atoms with van der Waals surface area (Å²) >= 11 is 0. The molecule has 2 aromatic rings. The maximum Gasteiger partial charge on any atom is 0.308 e. The van der Waals surface area contributed by atoms with Crippen molar-refractivity contribution in [2.75, 3.05) is 20.6 Å². The zero-order valence-corrected chi connectivity index (χ0v) is 13.1. The van der Waals surface area contributed by atoms with Gasteiger partial charge in [0, 0.05) is 32.9 Å². The number of nitrogens with one attached hydrogen (secondary N) is 1. The number of aromatic nitrogens is 3. The van der Waals surface area contributed by atoms with Crippen LogP contribution in [0.1, 0.15) is 11.4 Å². The molecule has 1 aliphatic heterocycles. The second kappa shape index (κ2) is 5.58. The number of H-pyrrole nitrogens is 1. The Bertz CT molecular complexity index is 776. The molecule has 0 amide bonds. The smallest absolute Gasteiger partial charge is 0.308 e. The van der Waals surface area contributed by atoms with E-state index in [1.807, 2.05) is 18.3 Å². The van der Waals surface area contributed by atoms with Crippen LogP contribution in [0.3, 0.4) is 0 Å². The monoisotopic (exact) mass is 323 g/mol. The van der Waals surface area contributed by atoms with Crippen LogP contribution in [0, 0.1) is 0 Å². The molecule has 0 saturated heterocycles. The third-order valence-corrected chi connectivity index (χ3v) is 4.98. The highest BCUT2D eigenvalue weighted by molar-refractivity contribution is 7.87. The van der Waals surface area contributed by atoms with E-state index in [0.717, 1.165) is 14.0 Å². The fourth-order valence-corrected chi connectivity index (χ4v) is 2.93. The van der Waals surface area contributed by atoms with Crippen LogP contribution in [-0.2, 0) is 21.4 Å². The van der Waals surface area contributed by atoms with Gasteiger partial charge >= 0.3 is 10.2 Å². The summed E-state index contributed by atoms with van der Waals surface area (Å²) in [5, 5.41) is 0. The molecular formula is C13H17N5O3S. The zero-order valence-electron chi connectivity index (χ0n) is 12.3. The fraction of sp³-hybridized carbons (Fsp3) is 0.385. The molecule has 0 spiro atoms. The largest absolute Gasteiger partial charge is 0.471 e. The van der Waals surface area contributed by atoms with Crippen LogP contribution in [0.5, 0.6) is 0 Å². The Hall–Kier alpha value is -2.13. The van der Waals surface area contributed by atoms with Gasteiger partial charge in [-0.2, -0.15) is 12.7 Å². The van der Waals surface area contributed by atoms with Crippen molar-refractivity contribution >= 4 is 16.1 Å². The van der Waals surface area contributed by atoms with E-state index in [1.165, 1.54) is 26.6 Å². The standard InChI is InChI=1S/C13H17N5O3S/c1-17(2)22(19,20)18-8-10(16-9-18)6-11-7-15-13(21-11)12-4-3-5-14-12/h3-5,8-9,11,14H,6-7H2,1-2H3/t11-/m0/s1. The maximum absolute atomic E-state index is 12.0. The first-order valence-electron chi connectivity index (χ1n) is 6.77. The van der Waals surface area contributed by atoms with Crippen molar-refractivity contribution in [3.63, 3.8) is 0 Å². The van der Waals surface area contributed by atoms with Gasteiger partial charge in [-0.25, -0.2) is 13.9 Å². The minimum atomic E-state index is -3.52. The molecule has 1 N–H and O–H groups in total. The highest BCUT2D eigenvalue weighted by atomic mass is 32.2. The Labute approximate surface area is 128 Å². The first-order valence-corrected chi connectivity index (χ1v) is 8.17. The fourth-order valence-electron chi connectivity index (χ4n) is 2.13. The minimum Gasteiger partial charge on any atom is -0.471 e. The lowest BCUT2D eigenvalue weighted by atomic mass is 10.2. The van der Waals surface area contributed by atoms with Crippen LogP contribution in [0.4, 0.5) is 0 Å². The molecule has 3 heterocycles. The van der Waals surface area contributed by atoms with Gasteiger partial charge in [0.2, 0.25) is 5.90 Å². The van der Waals surface area contributed by atoms with E-state index in [9.17, 15) is 8.42 Å². The molecule has 22 heavy (non-hydrogen) atoms. The average molecular weight is 323 g/mol. The predicted molar refractivity (Wildman–Crippen MR) is 81.0 cm³/mol. The van der Waals surface area contributed by atoms with Crippen molar-refractivity contribution in [3.05, 3.63) is 42.2 Å². The van der Waals surface area contributed by atoms with Gasteiger partial charge in [-0.15, -0.1) is 0 Å². The van der Waals surface area contributed by atoms with Crippen LogP contribution in [0.15, 0.2) is 35.8 Å². The lowest BCUT2D eigenvalue weighted by Gasteiger charge is -2.11. The van der Waals surface area contributed by atoms with E-state index in [2.05, 4.69) is 15.0 Å². The minimum absolute atomic E-state index is 0.135. The second-order valence-electron chi connectivity index (χ2n) is 5.16. The summed E-state index contributed by atoms with van der Waals surface area (Å²) in [7, 11) is -0.567. The lowest BCUT2D eigenvalue weighted by Crippen LogP contribution is -2.27. The summed E-state index contributed by atoms with van der Waals surface area (Å²) in [6.45, 7) is 0.529. The van der Waals surface area contributed by atoms with E-state index in [0.29, 0.717) is 24.6 Å². The number of aliphatic imine (C=N–C) groups is 1. The first-order chi connectivity index (χ1) is 10.5. The van der Waals surface area contributed by atoms with Crippen molar-refractivity contribution in [1.29, 1.82) is 0 Å². The molecule has 0 radical (unpaired) electrons. The van der Waals surface area contributed by atoms with Crippen molar-refractivity contribution in [2.45, 2.75) is 12.5 Å². The molecule has 3 rings (SSSR count). The van der Waals surface area contributed by atoms with Crippen molar-refractivity contribution in [1.82, 2.24) is 18.2 Å². The van der Waals surface area contributed by atoms with Gasteiger partial charge in [-0.3, -0.25) is 0 Å². The summed E-state index contributed by atoms with van der Waals surface area (Å²) in [4.78, 5) is 11.5. The normalized spacial score (nSPS) is 18.5. The van der Waals surface area contributed by atoms with E-state index < -0.39 is 10.2 Å². The van der Waals surface area contributed by atoms with E-state index in [1.54, 1.807) is 0 Å². The highest BCUT2D eigenvalue weighted by Gasteiger charge is 2.24. The Balaban J connectivity index is 1.65. The highest BCUT2D eigenvalue weighted by Crippen LogP contribution is 2.15. The number of ether oxygens (including phenoxy) is 1. The molecule has 1 atom stereocenters. The van der Waals surface area contributed by atoms with Gasteiger partial charge < -0.3 is 9.72 Å².